The van der Waals surface area contributed by atoms with Crippen LogP contribution in [0.5, 0.6) is 5.75 Å². The molecule has 2 rings (SSSR count). The van der Waals surface area contributed by atoms with Crippen molar-refractivity contribution in [2.75, 3.05) is 29.2 Å². The summed E-state index contributed by atoms with van der Waals surface area (Å²) < 4.78 is 10.6. The summed E-state index contributed by atoms with van der Waals surface area (Å²) in [5, 5.41) is 6.30. The fourth-order valence-corrected chi connectivity index (χ4v) is 3.49. The third kappa shape index (κ3) is 5.86. The number of carbonyl (C=O) groups excluding carboxylic acids is 1. The molecule has 0 aliphatic carbocycles. The molecule has 0 radical (unpaired) electrons. The van der Waals surface area contributed by atoms with Crippen LogP contribution in [-0.4, -0.2) is 36.4 Å². The van der Waals surface area contributed by atoms with Crippen molar-refractivity contribution in [2.24, 2.45) is 0 Å². The highest BCUT2D eigenvalue weighted by molar-refractivity contribution is 7.99. The molecule has 1 aromatic carbocycles. The summed E-state index contributed by atoms with van der Waals surface area (Å²) in [5.74, 6) is 2.99. The molecule has 1 aliphatic heterocycles. The average Bonchev–Trinajstić information content (AvgIpc) is 2.46. The minimum Gasteiger partial charge on any atom is -0.495 e. The second kappa shape index (κ2) is 7.81. The Morgan fingerprint density at radius 2 is 1.96 bits per heavy atom. The van der Waals surface area contributed by atoms with E-state index in [0.717, 1.165) is 18.5 Å². The topological polar surface area (TPSA) is 59.6 Å². The molecule has 0 aromatic heterocycles. The summed E-state index contributed by atoms with van der Waals surface area (Å²) in [6, 6.07) is 6.21. The van der Waals surface area contributed by atoms with Gasteiger partial charge in [0, 0.05) is 11.7 Å². The Balaban J connectivity index is 2.07. The first-order valence-corrected chi connectivity index (χ1v) is 9.05. The van der Waals surface area contributed by atoms with E-state index in [4.69, 9.17) is 9.47 Å². The maximum absolute atomic E-state index is 12.0. The van der Waals surface area contributed by atoms with Crippen molar-refractivity contribution in [3.63, 3.8) is 0 Å². The van der Waals surface area contributed by atoms with Gasteiger partial charge in [-0.15, -0.1) is 0 Å². The van der Waals surface area contributed by atoms with Crippen LogP contribution in [0.1, 0.15) is 33.6 Å². The summed E-state index contributed by atoms with van der Waals surface area (Å²) in [6.07, 6.45) is 1.83. The van der Waals surface area contributed by atoms with E-state index in [2.05, 4.69) is 10.6 Å². The van der Waals surface area contributed by atoms with Crippen LogP contribution in [0.3, 0.4) is 0 Å². The predicted molar refractivity (Wildman–Crippen MR) is 96.8 cm³/mol. The molecule has 0 atom stereocenters. The average molecular weight is 338 g/mol. The lowest BCUT2D eigenvalue weighted by Crippen LogP contribution is -2.27. The molecule has 23 heavy (non-hydrogen) atoms. The normalized spacial score (nSPS) is 15.8. The van der Waals surface area contributed by atoms with E-state index in [1.165, 1.54) is 11.5 Å². The van der Waals surface area contributed by atoms with Gasteiger partial charge in [-0.3, -0.25) is 5.32 Å². The van der Waals surface area contributed by atoms with Crippen molar-refractivity contribution in [1.82, 2.24) is 0 Å². The number of hydrogen-bond donors (Lipinski definition) is 2. The molecule has 6 heteroatoms. The van der Waals surface area contributed by atoms with Gasteiger partial charge in [0.1, 0.15) is 11.4 Å². The van der Waals surface area contributed by atoms with Gasteiger partial charge < -0.3 is 14.8 Å². The van der Waals surface area contributed by atoms with Crippen LogP contribution in [0, 0.1) is 0 Å². The zero-order valence-electron chi connectivity index (χ0n) is 14.3. The lowest BCUT2D eigenvalue weighted by atomic mass is 10.1. The van der Waals surface area contributed by atoms with Gasteiger partial charge in [0.2, 0.25) is 0 Å². The first-order chi connectivity index (χ1) is 10.9. The van der Waals surface area contributed by atoms with Crippen molar-refractivity contribution >= 4 is 29.2 Å². The van der Waals surface area contributed by atoms with Crippen LogP contribution in [0.15, 0.2) is 18.2 Å². The van der Waals surface area contributed by atoms with Crippen molar-refractivity contribution in [3.05, 3.63) is 18.2 Å². The second-order valence-corrected chi connectivity index (χ2v) is 7.80. The molecule has 1 aromatic rings. The number of nitrogens with one attached hydrogen (secondary N) is 2. The minimum atomic E-state index is -0.535. The first kappa shape index (κ1) is 17.8. The SMILES string of the molecule is COc1ccc(NC2CCSCC2)cc1NC(=O)OC(C)(C)C. The number of hydrogen-bond acceptors (Lipinski definition) is 5. The van der Waals surface area contributed by atoms with Crippen molar-refractivity contribution in [2.45, 2.75) is 45.3 Å². The largest absolute Gasteiger partial charge is 0.495 e. The van der Waals surface area contributed by atoms with E-state index in [9.17, 15) is 4.79 Å². The lowest BCUT2D eigenvalue weighted by Gasteiger charge is -2.24. The Labute approximate surface area is 142 Å². The molecule has 0 unspecified atom stereocenters. The molecular weight excluding hydrogens is 312 g/mol. The Morgan fingerprint density at radius 1 is 1.26 bits per heavy atom. The maximum atomic E-state index is 12.0. The molecule has 0 spiro atoms. The van der Waals surface area contributed by atoms with Gasteiger partial charge in [-0.25, -0.2) is 4.79 Å². The summed E-state index contributed by atoms with van der Waals surface area (Å²) in [5.41, 5.74) is 1.05. The third-order valence-electron chi connectivity index (χ3n) is 3.43. The van der Waals surface area contributed by atoms with Gasteiger partial charge in [0.05, 0.1) is 12.8 Å². The standard InChI is InChI=1S/C17H26N2O3S/c1-17(2,3)22-16(20)19-14-11-13(5-6-15(14)21-4)18-12-7-9-23-10-8-12/h5-6,11-12,18H,7-10H2,1-4H3,(H,19,20). The highest BCUT2D eigenvalue weighted by Crippen LogP contribution is 2.30. The van der Waals surface area contributed by atoms with Crippen LogP contribution in [0.25, 0.3) is 0 Å². The molecular formula is C17H26N2O3S. The fourth-order valence-electron chi connectivity index (χ4n) is 2.39. The van der Waals surface area contributed by atoms with Gasteiger partial charge >= 0.3 is 6.09 Å². The quantitative estimate of drug-likeness (QED) is 0.855. The summed E-state index contributed by atoms with van der Waals surface area (Å²) >= 11 is 2.00. The number of anilines is 2. The lowest BCUT2D eigenvalue weighted by molar-refractivity contribution is 0.0635. The maximum Gasteiger partial charge on any atom is 0.412 e. The molecule has 1 fully saturated rings. The second-order valence-electron chi connectivity index (χ2n) is 6.57. The Hall–Kier alpha value is -1.56. The van der Waals surface area contributed by atoms with Crippen molar-refractivity contribution in [1.29, 1.82) is 0 Å². The monoisotopic (exact) mass is 338 g/mol. The Morgan fingerprint density at radius 3 is 2.57 bits per heavy atom. The van der Waals surface area contributed by atoms with Crippen molar-refractivity contribution < 1.29 is 14.3 Å². The van der Waals surface area contributed by atoms with Gasteiger partial charge in [0.15, 0.2) is 0 Å². The van der Waals surface area contributed by atoms with E-state index in [0.29, 0.717) is 17.5 Å². The molecule has 1 aliphatic rings. The highest BCUT2D eigenvalue weighted by atomic mass is 32.2. The van der Waals surface area contributed by atoms with E-state index < -0.39 is 11.7 Å². The van der Waals surface area contributed by atoms with Crippen LogP contribution in [0.2, 0.25) is 0 Å². The van der Waals surface area contributed by atoms with Gasteiger partial charge in [0.25, 0.3) is 0 Å². The number of amides is 1. The molecule has 2 N–H and O–H groups in total. The summed E-state index contributed by atoms with van der Waals surface area (Å²) in [6.45, 7) is 5.51. The molecule has 128 valence electrons. The van der Waals surface area contributed by atoms with Crippen LogP contribution in [0.4, 0.5) is 16.2 Å². The van der Waals surface area contributed by atoms with Gasteiger partial charge in [-0.05, 0) is 63.3 Å². The third-order valence-corrected chi connectivity index (χ3v) is 4.48. The van der Waals surface area contributed by atoms with E-state index in [1.807, 2.05) is 50.7 Å². The summed E-state index contributed by atoms with van der Waals surface area (Å²) in [4.78, 5) is 12.0. The zero-order valence-corrected chi connectivity index (χ0v) is 15.1. The van der Waals surface area contributed by atoms with E-state index in [1.54, 1.807) is 7.11 Å². The Kier molecular flexibility index (Phi) is 6.04. The van der Waals surface area contributed by atoms with Gasteiger partial charge in [-0.1, -0.05) is 0 Å². The number of rotatable bonds is 4. The number of thioether (sulfide) groups is 1. The first-order valence-electron chi connectivity index (χ1n) is 7.90. The van der Waals surface area contributed by atoms with E-state index in [-0.39, 0.29) is 0 Å². The number of methoxy groups -OCH3 is 1. The minimum absolute atomic E-state index is 0.484. The fraction of sp³-hybridized carbons (Fsp3) is 0.588. The van der Waals surface area contributed by atoms with Crippen LogP contribution < -0.4 is 15.4 Å². The molecule has 0 saturated carbocycles. The molecule has 1 amide bonds. The molecule has 5 nitrogen and oxygen atoms in total. The Bertz CT molecular complexity index is 537. The molecule has 1 heterocycles. The van der Waals surface area contributed by atoms with Crippen LogP contribution in [-0.2, 0) is 4.74 Å². The molecule has 1 saturated heterocycles. The summed E-state index contributed by atoms with van der Waals surface area (Å²) in [7, 11) is 1.58. The number of ether oxygens (including phenoxy) is 2. The predicted octanol–water partition coefficient (Wildman–Crippen LogP) is 4.35. The number of benzene rings is 1. The van der Waals surface area contributed by atoms with Crippen LogP contribution >= 0.6 is 11.8 Å². The van der Waals surface area contributed by atoms with Gasteiger partial charge in [-0.2, -0.15) is 11.8 Å². The smallest absolute Gasteiger partial charge is 0.412 e. The zero-order chi connectivity index (χ0) is 16.9. The van der Waals surface area contributed by atoms with Crippen molar-refractivity contribution in [3.8, 4) is 5.75 Å². The molecule has 0 bridgehead atoms. The number of carbonyl (C=O) groups is 1. The van der Waals surface area contributed by atoms with E-state index >= 15 is 0 Å². The highest BCUT2D eigenvalue weighted by Gasteiger charge is 2.18.